The van der Waals surface area contributed by atoms with E-state index in [0.29, 0.717) is 26.2 Å². The summed E-state index contributed by atoms with van der Waals surface area (Å²) in [4.78, 5) is 48.6. The predicted octanol–water partition coefficient (Wildman–Crippen LogP) is 4.26. The van der Waals surface area contributed by atoms with Crippen molar-refractivity contribution in [2.24, 2.45) is 17.3 Å². The van der Waals surface area contributed by atoms with Crippen LogP contribution in [0.2, 0.25) is 0 Å². The van der Waals surface area contributed by atoms with E-state index in [1.54, 1.807) is 11.8 Å². The number of hydrogen-bond acceptors (Lipinski definition) is 5. The third-order valence-electron chi connectivity index (χ3n) is 8.74. The topological polar surface area (TPSA) is 81.2 Å². The zero-order valence-electron chi connectivity index (χ0n) is 24.8. The molecule has 39 heavy (non-hydrogen) atoms. The Morgan fingerprint density at radius 3 is 2.33 bits per heavy atom. The molecular weight excluding hydrogens is 510 g/mol. The molecule has 0 aromatic heterocycles. The van der Waals surface area contributed by atoms with Gasteiger partial charge < -0.3 is 19.8 Å². The Morgan fingerprint density at radius 1 is 0.949 bits per heavy atom. The SMILES string of the molecule is CCCN1CC=C[C@@H]2S[C@]34C=CCN(C(C)(C)CC(C)(C)C)C(=O)C3N(CCCCCCO)C(=O)[C@@H]4[C@@H]2C1=O. The highest BCUT2D eigenvalue weighted by molar-refractivity contribution is 8.02. The maximum atomic E-state index is 14.6. The highest BCUT2D eigenvalue weighted by Gasteiger charge is 2.71. The van der Waals surface area contributed by atoms with Crippen molar-refractivity contribution >= 4 is 29.5 Å². The standard InChI is InChI=1S/C31H49N3O4S/c1-7-16-32-17-12-14-22-23(26(32)36)24-27(37)33(18-10-8-9-11-20-35)25-28(38)34(19-13-15-31(24,25)39-22)30(5,6)21-29(2,3)4/h12-15,22-25,35H,7-11,16-21H2,1-6H3/t22-,23+,24-,25?,31-/m0/s1. The van der Waals surface area contributed by atoms with Crippen LogP contribution in [0.15, 0.2) is 24.3 Å². The monoisotopic (exact) mass is 559 g/mol. The van der Waals surface area contributed by atoms with Crippen LogP contribution < -0.4 is 0 Å². The third-order valence-corrected chi connectivity index (χ3v) is 10.5. The first-order valence-electron chi connectivity index (χ1n) is 14.9. The lowest BCUT2D eigenvalue weighted by molar-refractivity contribution is -0.147. The summed E-state index contributed by atoms with van der Waals surface area (Å²) in [5.74, 6) is -0.994. The first-order chi connectivity index (χ1) is 18.4. The van der Waals surface area contributed by atoms with Gasteiger partial charge in [-0.2, -0.15) is 0 Å². The molecule has 0 radical (unpaired) electrons. The van der Waals surface area contributed by atoms with Crippen molar-refractivity contribution in [2.75, 3.05) is 32.8 Å². The first-order valence-corrected chi connectivity index (χ1v) is 15.8. The van der Waals surface area contributed by atoms with Gasteiger partial charge >= 0.3 is 0 Å². The summed E-state index contributed by atoms with van der Waals surface area (Å²) in [5.41, 5.74) is -0.354. The number of carbonyl (C=O) groups is 3. The molecule has 218 valence electrons. The molecule has 4 aliphatic heterocycles. The molecule has 0 aliphatic carbocycles. The number of amides is 3. The fourth-order valence-electron chi connectivity index (χ4n) is 7.59. The zero-order valence-corrected chi connectivity index (χ0v) is 25.6. The lowest BCUT2D eigenvalue weighted by atomic mass is 9.77. The first kappa shape index (κ1) is 30.2. The van der Waals surface area contributed by atoms with Crippen LogP contribution in [0.25, 0.3) is 0 Å². The molecule has 3 amide bonds. The van der Waals surface area contributed by atoms with Crippen LogP contribution in [0.1, 0.15) is 80.1 Å². The molecule has 0 bridgehead atoms. The number of hydrogen-bond donors (Lipinski definition) is 1. The van der Waals surface area contributed by atoms with Gasteiger partial charge in [-0.25, -0.2) is 0 Å². The number of rotatable bonds is 10. The minimum Gasteiger partial charge on any atom is -0.396 e. The number of carbonyl (C=O) groups excluding carboxylic acids is 3. The zero-order chi connectivity index (χ0) is 28.6. The van der Waals surface area contributed by atoms with Gasteiger partial charge in [-0.3, -0.25) is 14.4 Å². The molecule has 1 spiro atoms. The smallest absolute Gasteiger partial charge is 0.247 e. The van der Waals surface area contributed by atoms with Crippen molar-refractivity contribution in [3.63, 3.8) is 0 Å². The van der Waals surface area contributed by atoms with Gasteiger partial charge in [-0.15, -0.1) is 11.8 Å². The van der Waals surface area contributed by atoms with E-state index < -0.39 is 22.6 Å². The van der Waals surface area contributed by atoms with Crippen LogP contribution in [-0.2, 0) is 14.4 Å². The summed E-state index contributed by atoms with van der Waals surface area (Å²) in [6.07, 6.45) is 13.4. The van der Waals surface area contributed by atoms with Gasteiger partial charge in [-0.1, -0.05) is 64.8 Å². The molecule has 4 rings (SSSR count). The van der Waals surface area contributed by atoms with Crippen molar-refractivity contribution in [1.82, 2.24) is 14.7 Å². The maximum Gasteiger partial charge on any atom is 0.247 e. The second-order valence-corrected chi connectivity index (χ2v) is 15.1. The number of unbranched alkanes of at least 4 members (excludes halogenated alkanes) is 3. The molecule has 0 aromatic rings. The van der Waals surface area contributed by atoms with Crippen molar-refractivity contribution in [1.29, 1.82) is 0 Å². The Bertz CT molecular complexity index is 1000. The molecule has 2 fully saturated rings. The van der Waals surface area contributed by atoms with Crippen LogP contribution in [0.4, 0.5) is 0 Å². The lowest BCUT2D eigenvalue weighted by Gasteiger charge is -2.44. The average molecular weight is 560 g/mol. The van der Waals surface area contributed by atoms with Gasteiger partial charge in [0.2, 0.25) is 17.7 Å². The largest absolute Gasteiger partial charge is 0.396 e. The molecule has 0 saturated carbocycles. The van der Waals surface area contributed by atoms with Crippen LogP contribution >= 0.6 is 11.8 Å². The highest BCUT2D eigenvalue weighted by Crippen LogP contribution is 2.61. The fraction of sp³-hybridized carbons (Fsp3) is 0.774. The Balaban J connectivity index is 1.74. The van der Waals surface area contributed by atoms with Gasteiger partial charge in [0.1, 0.15) is 6.04 Å². The molecule has 0 aromatic carbocycles. The van der Waals surface area contributed by atoms with E-state index in [9.17, 15) is 19.5 Å². The Morgan fingerprint density at radius 2 is 1.67 bits per heavy atom. The van der Waals surface area contributed by atoms with Crippen LogP contribution in [0.3, 0.4) is 0 Å². The Labute approximate surface area is 239 Å². The van der Waals surface area contributed by atoms with E-state index >= 15 is 0 Å². The summed E-state index contributed by atoms with van der Waals surface area (Å²) in [7, 11) is 0. The number of thioether (sulfide) groups is 1. The maximum absolute atomic E-state index is 14.6. The fourth-order valence-corrected chi connectivity index (χ4v) is 9.59. The van der Waals surface area contributed by atoms with Crippen LogP contribution in [0, 0.1) is 17.3 Å². The van der Waals surface area contributed by atoms with E-state index in [4.69, 9.17) is 0 Å². The second kappa shape index (κ2) is 11.6. The highest BCUT2D eigenvalue weighted by atomic mass is 32.2. The Hall–Kier alpha value is -1.80. The summed E-state index contributed by atoms with van der Waals surface area (Å²) < 4.78 is -0.754. The van der Waals surface area contributed by atoms with Crippen LogP contribution in [0.5, 0.6) is 0 Å². The van der Waals surface area contributed by atoms with E-state index in [-0.39, 0.29) is 40.5 Å². The normalized spacial score (nSPS) is 30.9. The van der Waals surface area contributed by atoms with E-state index in [1.165, 1.54) is 0 Å². The average Bonchev–Trinajstić information content (AvgIpc) is 3.14. The van der Waals surface area contributed by atoms with E-state index in [1.807, 2.05) is 14.7 Å². The van der Waals surface area contributed by atoms with Gasteiger partial charge in [0.15, 0.2) is 0 Å². The van der Waals surface area contributed by atoms with Crippen molar-refractivity contribution in [3.05, 3.63) is 24.3 Å². The molecule has 1 N–H and O–H groups in total. The number of aliphatic hydroxyl groups excluding tert-OH is 1. The number of fused-ring (bicyclic) bond motifs is 2. The van der Waals surface area contributed by atoms with E-state index in [2.05, 4.69) is 65.8 Å². The quantitative estimate of drug-likeness (QED) is 0.320. The third kappa shape index (κ3) is 5.70. The van der Waals surface area contributed by atoms with Crippen molar-refractivity contribution in [2.45, 2.75) is 102 Å². The number of nitrogens with zero attached hydrogens (tertiary/aromatic N) is 3. The summed E-state index contributed by atoms with van der Waals surface area (Å²) in [6.45, 7) is 15.4. The van der Waals surface area contributed by atoms with E-state index in [0.717, 1.165) is 38.5 Å². The molecule has 4 heterocycles. The molecule has 1 unspecified atom stereocenters. The molecule has 2 saturated heterocycles. The molecule has 4 aliphatic rings. The summed E-state index contributed by atoms with van der Waals surface area (Å²) in [6, 6.07) is -0.622. The minimum absolute atomic E-state index is 0.00580. The molecular formula is C31H49N3O4S. The minimum atomic E-state index is -0.754. The number of likely N-dealkylation sites (tertiary alicyclic amines) is 1. The predicted molar refractivity (Wildman–Crippen MR) is 157 cm³/mol. The Kier molecular flexibility index (Phi) is 8.97. The van der Waals surface area contributed by atoms with Gasteiger partial charge in [0.05, 0.1) is 16.6 Å². The molecule has 8 heteroatoms. The van der Waals surface area contributed by atoms with Crippen molar-refractivity contribution < 1.29 is 19.5 Å². The van der Waals surface area contributed by atoms with Crippen molar-refractivity contribution in [3.8, 4) is 0 Å². The molecule has 5 atom stereocenters. The van der Waals surface area contributed by atoms with Crippen LogP contribution in [-0.4, -0.2) is 91.9 Å². The van der Waals surface area contributed by atoms with Gasteiger partial charge in [-0.05, 0) is 44.9 Å². The number of aliphatic hydroxyl groups is 1. The van der Waals surface area contributed by atoms with Gasteiger partial charge in [0, 0.05) is 43.6 Å². The summed E-state index contributed by atoms with van der Waals surface area (Å²) >= 11 is 1.67. The second-order valence-electron chi connectivity index (χ2n) is 13.6. The molecule has 7 nitrogen and oxygen atoms in total. The van der Waals surface area contributed by atoms with Gasteiger partial charge in [0.25, 0.3) is 0 Å². The lowest BCUT2D eigenvalue weighted by Crippen LogP contribution is -2.58. The summed E-state index contributed by atoms with van der Waals surface area (Å²) in [5, 5.41) is 9.07.